The minimum Gasteiger partial charge on any atom is -0.460 e. The topological polar surface area (TPSA) is 36.9 Å². The van der Waals surface area contributed by atoms with Crippen molar-refractivity contribution < 1.29 is 17.7 Å². The van der Waals surface area contributed by atoms with E-state index in [-0.39, 0.29) is 10.3 Å². The first kappa shape index (κ1) is 34.0. The molecule has 0 radical (unpaired) electrons. The molecule has 200 valence electrons. The highest BCUT2D eigenvalue weighted by Crippen LogP contribution is 2.44. The van der Waals surface area contributed by atoms with Crippen molar-refractivity contribution in [3.05, 3.63) is 76.7 Å². The molecule has 0 aliphatic carbocycles. The predicted octanol–water partition coefficient (Wildman–Crippen LogP) is 13.0. The van der Waals surface area contributed by atoms with Crippen molar-refractivity contribution in [2.24, 2.45) is 0 Å². The van der Waals surface area contributed by atoms with Gasteiger partial charge in [0.05, 0.1) is 17.2 Å². The Hall–Kier alpha value is 2.52. The normalized spacial score (nSPS) is 11.7. The van der Waals surface area contributed by atoms with Crippen molar-refractivity contribution in [3.8, 4) is 17.2 Å². The number of halogens is 11. The van der Waals surface area contributed by atoms with E-state index in [1.165, 1.54) is 0 Å². The Morgan fingerprint density at radius 3 is 1.14 bits per heavy atom. The summed E-state index contributed by atoms with van der Waals surface area (Å²) in [4.78, 5) is 0. The molecule has 0 heterocycles. The van der Waals surface area contributed by atoms with Crippen molar-refractivity contribution in [1.29, 1.82) is 0 Å². The van der Waals surface area contributed by atoms with Crippen LogP contribution in [0, 0.1) is 0 Å². The molecule has 3 aromatic carbocycles. The van der Waals surface area contributed by atoms with Gasteiger partial charge in [0.25, 0.3) is 0 Å². The van der Waals surface area contributed by atoms with Gasteiger partial charge in [0.2, 0.25) is 0 Å². The maximum absolute atomic E-state index is 6.56. The van der Waals surface area contributed by atoms with E-state index in [1.807, 2.05) is 18.2 Å². The standard InChI is InChI=1S/C21H11Br11O4Si/c22-9-1-4-12(19(30)16(9)27)34-37(33-8-7-15(25)26,35-13-5-2-10(23)17(28)20(13)31)36-14-6-3-11(24)18(29)21(14)32/h1-6,15H,7-8H2. The van der Waals surface area contributed by atoms with Gasteiger partial charge in [-0.3, -0.25) is 0 Å². The van der Waals surface area contributed by atoms with E-state index in [1.54, 1.807) is 18.2 Å². The van der Waals surface area contributed by atoms with Crippen molar-refractivity contribution in [1.82, 2.24) is 0 Å². The van der Waals surface area contributed by atoms with Crippen LogP contribution in [0.5, 0.6) is 17.2 Å². The van der Waals surface area contributed by atoms with Gasteiger partial charge in [-0.1, -0.05) is 31.9 Å². The molecular weight excluding hydrogens is 1220 g/mol. The molecule has 0 saturated heterocycles. The lowest BCUT2D eigenvalue weighted by Gasteiger charge is -2.30. The molecule has 0 unspecified atom stereocenters. The third-order valence-corrected chi connectivity index (χ3v) is 17.2. The molecule has 0 saturated carbocycles. The summed E-state index contributed by atoms with van der Waals surface area (Å²) < 4.78 is 33.0. The zero-order valence-corrected chi connectivity index (χ0v) is 36.2. The third kappa shape index (κ3) is 9.01. The molecule has 4 nitrogen and oxygen atoms in total. The Balaban J connectivity index is 2.18. The predicted molar refractivity (Wildman–Crippen MR) is 188 cm³/mol. The van der Waals surface area contributed by atoms with E-state index in [9.17, 15) is 0 Å². The number of hydrogen-bond acceptors (Lipinski definition) is 4. The molecule has 0 amide bonds. The summed E-state index contributed by atoms with van der Waals surface area (Å²) in [5.74, 6) is 1.40. The van der Waals surface area contributed by atoms with E-state index in [0.29, 0.717) is 37.1 Å². The molecule has 0 bridgehead atoms. The maximum atomic E-state index is 6.56. The van der Waals surface area contributed by atoms with Crippen molar-refractivity contribution >= 4 is 184 Å². The average molecular weight is 1230 g/mol. The Morgan fingerprint density at radius 2 is 0.838 bits per heavy atom. The molecule has 0 aliphatic rings. The van der Waals surface area contributed by atoms with Gasteiger partial charge in [-0.2, -0.15) is 0 Å². The second-order valence-electron chi connectivity index (χ2n) is 6.85. The Bertz CT molecular complexity index is 1150. The smallest absolute Gasteiger partial charge is 0.460 e. The average Bonchev–Trinajstić information content (AvgIpc) is 2.85. The molecule has 3 rings (SSSR count). The van der Waals surface area contributed by atoms with Crippen LogP contribution in [0.25, 0.3) is 0 Å². The summed E-state index contributed by atoms with van der Waals surface area (Å²) in [6, 6.07) is 11.0. The second-order valence-corrected chi connectivity index (χ2v) is 19.5. The summed E-state index contributed by atoms with van der Waals surface area (Å²) in [5, 5.41) is 0. The first-order valence-corrected chi connectivity index (χ1v) is 20.3. The van der Waals surface area contributed by atoms with Gasteiger partial charge >= 0.3 is 9.05 Å². The summed E-state index contributed by atoms with van der Waals surface area (Å²) in [5.41, 5.74) is 0. The molecule has 0 N–H and O–H groups in total. The highest BCUT2D eigenvalue weighted by Gasteiger charge is 2.56. The van der Waals surface area contributed by atoms with Crippen LogP contribution < -0.4 is 13.3 Å². The summed E-state index contributed by atoms with van der Waals surface area (Å²) in [6.45, 7) is 0.271. The molecule has 0 spiro atoms. The second kappa shape index (κ2) is 15.3. The molecule has 0 aliphatic heterocycles. The van der Waals surface area contributed by atoms with Crippen LogP contribution in [0.4, 0.5) is 0 Å². The van der Waals surface area contributed by atoms with Gasteiger partial charge in [0, 0.05) is 33.4 Å². The molecule has 0 fully saturated rings. The van der Waals surface area contributed by atoms with E-state index in [0.717, 1.165) is 26.8 Å². The number of rotatable bonds is 10. The fraction of sp³-hybridized carbons (Fsp3) is 0.143. The lowest BCUT2D eigenvalue weighted by Crippen LogP contribution is -2.58. The largest absolute Gasteiger partial charge is 0.893 e. The highest BCUT2D eigenvalue weighted by atomic mass is 79.9. The Morgan fingerprint density at radius 1 is 0.514 bits per heavy atom. The first-order valence-electron chi connectivity index (χ1n) is 9.75. The molecule has 16 heteroatoms. The molecule has 0 atom stereocenters. The molecule has 37 heavy (non-hydrogen) atoms. The first-order chi connectivity index (χ1) is 17.3. The fourth-order valence-corrected chi connectivity index (χ4v) is 9.45. The van der Waals surface area contributed by atoms with Gasteiger partial charge in [0.15, 0.2) is 0 Å². The van der Waals surface area contributed by atoms with Crippen molar-refractivity contribution in [2.45, 2.75) is 10.2 Å². The van der Waals surface area contributed by atoms with Crippen LogP contribution in [0.1, 0.15) is 6.42 Å². The van der Waals surface area contributed by atoms with E-state index >= 15 is 0 Å². The zero-order valence-electron chi connectivity index (χ0n) is 17.7. The Labute approximate surface area is 308 Å². The lowest BCUT2D eigenvalue weighted by atomic mass is 10.3. The van der Waals surface area contributed by atoms with Gasteiger partial charge in [-0.15, -0.1) is 0 Å². The minimum atomic E-state index is -4.04. The van der Waals surface area contributed by atoms with Crippen molar-refractivity contribution in [3.63, 3.8) is 0 Å². The fourth-order valence-electron chi connectivity index (χ4n) is 2.59. The number of hydrogen-bond donors (Lipinski definition) is 0. The third-order valence-electron chi connectivity index (χ3n) is 4.32. The van der Waals surface area contributed by atoms with Gasteiger partial charge in [-0.25, -0.2) is 0 Å². The maximum Gasteiger partial charge on any atom is 0.893 e. The molecule has 0 aromatic heterocycles. The zero-order chi connectivity index (χ0) is 27.5. The summed E-state index contributed by atoms with van der Waals surface area (Å²) >= 11 is 39.1. The van der Waals surface area contributed by atoms with Crippen LogP contribution in [-0.2, 0) is 4.43 Å². The molecular formula is C21H11Br11O4Si. The quantitative estimate of drug-likeness (QED) is 0.115. The van der Waals surface area contributed by atoms with E-state index in [4.69, 9.17) is 17.7 Å². The number of benzene rings is 3. The summed E-state index contributed by atoms with van der Waals surface area (Å²) in [6.07, 6.45) is 0.617. The van der Waals surface area contributed by atoms with Crippen LogP contribution in [0.15, 0.2) is 76.7 Å². The SMILES string of the molecule is Brc1ccc(O[Si](OCCC(Br)Br)(Oc2ccc(Br)c(Br)c2Br)Oc2ccc(Br)c(Br)c2Br)c(Br)c1Br. The van der Waals surface area contributed by atoms with Crippen LogP contribution >= 0.6 is 175 Å². The van der Waals surface area contributed by atoms with Crippen LogP contribution in [0.2, 0.25) is 0 Å². The van der Waals surface area contributed by atoms with Crippen LogP contribution in [-0.4, -0.2) is 19.4 Å². The monoisotopic (exact) mass is 1220 g/mol. The van der Waals surface area contributed by atoms with Gasteiger partial charge < -0.3 is 17.7 Å². The minimum absolute atomic E-state index is 0.0300. The van der Waals surface area contributed by atoms with E-state index in [2.05, 4.69) is 175 Å². The molecule has 3 aromatic rings. The van der Waals surface area contributed by atoms with Crippen LogP contribution in [0.3, 0.4) is 0 Å². The van der Waals surface area contributed by atoms with Gasteiger partial charge in [0.1, 0.15) is 17.2 Å². The van der Waals surface area contributed by atoms with E-state index < -0.39 is 9.05 Å². The highest BCUT2D eigenvalue weighted by molar-refractivity contribution is 9.24. The summed E-state index contributed by atoms with van der Waals surface area (Å²) in [7, 11) is -4.04. The van der Waals surface area contributed by atoms with Gasteiger partial charge in [-0.05, 0) is 186 Å². The number of alkyl halides is 2. The van der Waals surface area contributed by atoms with Crippen molar-refractivity contribution in [2.75, 3.05) is 6.61 Å². The lowest BCUT2D eigenvalue weighted by molar-refractivity contribution is 0.0902. The Kier molecular flexibility index (Phi) is 14.1.